The number of hydrogen-bond acceptors (Lipinski definition) is 13. The normalized spacial score (nSPS) is 19.1. The van der Waals surface area contributed by atoms with Crippen molar-refractivity contribution in [3.05, 3.63) is 111 Å². The standard InChI is InChI=1S/C47H53ClN8O9S2/c1-47(2)15-11-34(39(28-47)32-3-5-35(48)6-4-32)30-53-17-19-54(20-18-53)36-7-9-38(41(26-36)55-43-25-33-12-16-49-44(33)51-46(43)65-23-24-66(55,60)61)45(57)52-67(62,63)37-8-10-40(42(27-37)56(58)59)50-29-31-13-21-64-22-14-31/h3-10,12,16,25-27,31,50H,11,13-15,17-24,28-30H2,1-2H3,(H,49,51)(H,52,57). The number of aromatic nitrogens is 2. The molecule has 4 aliphatic rings. The fourth-order valence-corrected chi connectivity index (χ4v) is 11.8. The molecule has 5 aromatic rings. The number of halogens is 1. The van der Waals surface area contributed by atoms with Crippen LogP contribution in [-0.2, 0) is 24.8 Å². The van der Waals surface area contributed by atoms with Crippen LogP contribution < -0.4 is 24.0 Å². The fraction of sp³-hybridized carbons (Fsp3) is 0.404. The maximum absolute atomic E-state index is 14.4. The summed E-state index contributed by atoms with van der Waals surface area (Å²) >= 11 is 6.26. The Morgan fingerprint density at radius 3 is 2.49 bits per heavy atom. The number of ether oxygens (including phenoxy) is 2. The van der Waals surface area contributed by atoms with Gasteiger partial charge in [0.2, 0.25) is 15.9 Å². The number of amides is 1. The lowest BCUT2D eigenvalue weighted by Crippen LogP contribution is -2.47. The summed E-state index contributed by atoms with van der Waals surface area (Å²) in [6.07, 6.45) is 6.27. The highest BCUT2D eigenvalue weighted by atomic mass is 35.5. The first-order valence-corrected chi connectivity index (χ1v) is 25.9. The molecule has 3 aromatic carbocycles. The summed E-state index contributed by atoms with van der Waals surface area (Å²) in [5.41, 5.74) is 4.52. The van der Waals surface area contributed by atoms with Crippen LogP contribution in [0.15, 0.2) is 89.5 Å². The van der Waals surface area contributed by atoms with Gasteiger partial charge in [-0.1, -0.05) is 43.2 Å². The predicted octanol–water partition coefficient (Wildman–Crippen LogP) is 7.73. The largest absolute Gasteiger partial charge is 0.475 e. The zero-order valence-corrected chi connectivity index (χ0v) is 39.7. The monoisotopic (exact) mass is 972 g/mol. The molecule has 9 rings (SSSR count). The van der Waals surface area contributed by atoms with E-state index in [4.69, 9.17) is 21.1 Å². The van der Waals surface area contributed by atoms with Crippen molar-refractivity contribution in [3.8, 4) is 5.88 Å². The van der Waals surface area contributed by atoms with Crippen molar-refractivity contribution < 1.29 is 36.0 Å². The molecule has 3 aliphatic heterocycles. The predicted molar refractivity (Wildman–Crippen MR) is 258 cm³/mol. The zero-order valence-electron chi connectivity index (χ0n) is 37.3. The van der Waals surface area contributed by atoms with Crippen LogP contribution in [-0.4, -0.2) is 107 Å². The van der Waals surface area contributed by atoms with Gasteiger partial charge in [-0.05, 0) is 109 Å². The van der Waals surface area contributed by atoms with E-state index >= 15 is 0 Å². The van der Waals surface area contributed by atoms with Crippen molar-refractivity contribution in [2.24, 2.45) is 11.3 Å². The Morgan fingerprint density at radius 1 is 0.985 bits per heavy atom. The van der Waals surface area contributed by atoms with E-state index in [1.807, 2.05) is 12.1 Å². The molecule has 2 saturated heterocycles. The minimum Gasteiger partial charge on any atom is -0.475 e. The fourth-order valence-electron chi connectivity index (χ4n) is 9.36. The van der Waals surface area contributed by atoms with Crippen molar-refractivity contribution in [2.45, 2.75) is 50.8 Å². The first kappa shape index (κ1) is 46.4. The van der Waals surface area contributed by atoms with E-state index in [-0.39, 0.29) is 46.4 Å². The molecule has 0 saturated carbocycles. The number of piperazine rings is 1. The summed E-state index contributed by atoms with van der Waals surface area (Å²) in [6, 6.07) is 19.4. The minimum atomic E-state index is -4.74. The van der Waals surface area contributed by atoms with Gasteiger partial charge in [0, 0.05) is 80.8 Å². The van der Waals surface area contributed by atoms with Crippen molar-refractivity contribution in [1.29, 1.82) is 0 Å². The molecule has 5 heterocycles. The van der Waals surface area contributed by atoms with E-state index in [0.717, 1.165) is 49.0 Å². The molecule has 0 unspecified atom stereocenters. The Balaban J connectivity index is 1.02. The van der Waals surface area contributed by atoms with Gasteiger partial charge in [0.05, 0.1) is 21.1 Å². The minimum absolute atomic E-state index is 0.00484. The third-order valence-corrected chi connectivity index (χ3v) is 16.4. The molecule has 2 aromatic heterocycles. The number of nitrogens with zero attached hydrogens (tertiary/aromatic N) is 5. The van der Waals surface area contributed by atoms with E-state index in [0.29, 0.717) is 67.7 Å². The number of pyridine rings is 1. The Bertz CT molecular complexity index is 2970. The number of carbonyl (C=O) groups is 1. The SMILES string of the molecule is CC1(C)CCC(CN2CCN(c3ccc(C(=O)NS(=O)(=O)c4ccc(NCC5CCOCC5)c([N+](=O)[O-])c4)c(N4c5cc6cc[nH]c6nc5OCCS4(=O)=O)c3)CC2)=C(c2ccc(Cl)cc2)C1. The molecular weight excluding hydrogens is 920 g/mol. The second-order valence-corrected chi connectivity index (χ2v) is 22.4. The highest BCUT2D eigenvalue weighted by Crippen LogP contribution is 2.45. The van der Waals surface area contributed by atoms with Crippen molar-refractivity contribution in [1.82, 2.24) is 19.6 Å². The molecule has 17 nitrogen and oxygen atoms in total. The van der Waals surface area contributed by atoms with Gasteiger partial charge in [0.1, 0.15) is 29.4 Å². The van der Waals surface area contributed by atoms with E-state index in [9.17, 15) is 31.7 Å². The zero-order chi connectivity index (χ0) is 47.1. The number of carbonyl (C=O) groups excluding carboxylic acids is 1. The lowest BCUT2D eigenvalue weighted by atomic mass is 9.72. The second-order valence-electron chi connectivity index (χ2n) is 18.4. The maximum Gasteiger partial charge on any atom is 0.293 e. The summed E-state index contributed by atoms with van der Waals surface area (Å²) in [6.45, 7) is 9.41. The summed E-state index contributed by atoms with van der Waals surface area (Å²) in [5, 5.41) is 16.6. The number of sulfonamides is 2. The smallest absolute Gasteiger partial charge is 0.293 e. The van der Waals surface area contributed by atoms with Crippen LogP contribution in [0.5, 0.6) is 5.88 Å². The van der Waals surface area contributed by atoms with Crippen LogP contribution in [0.1, 0.15) is 61.9 Å². The molecule has 0 bridgehead atoms. The number of anilines is 4. The van der Waals surface area contributed by atoms with E-state index in [1.165, 1.54) is 34.9 Å². The van der Waals surface area contributed by atoms with E-state index in [2.05, 4.69) is 55.8 Å². The molecule has 0 spiro atoms. The number of allylic oxidation sites excluding steroid dienone is 1. The number of fused-ring (bicyclic) bond motifs is 2. The van der Waals surface area contributed by atoms with Gasteiger partial charge < -0.3 is 24.7 Å². The molecule has 67 heavy (non-hydrogen) atoms. The molecular formula is C47H53ClN8O9S2. The Kier molecular flexibility index (Phi) is 13.0. The number of aromatic amines is 1. The molecule has 354 valence electrons. The summed E-state index contributed by atoms with van der Waals surface area (Å²) < 4.78 is 71.0. The van der Waals surface area contributed by atoms with Gasteiger partial charge in [-0.15, -0.1) is 0 Å². The molecule has 20 heteroatoms. The van der Waals surface area contributed by atoms with Crippen LogP contribution in [0, 0.1) is 21.4 Å². The Labute approximate surface area is 394 Å². The van der Waals surface area contributed by atoms with Crippen LogP contribution in [0.2, 0.25) is 5.02 Å². The van der Waals surface area contributed by atoms with Gasteiger partial charge in [-0.25, -0.2) is 25.9 Å². The number of rotatable bonds is 12. The van der Waals surface area contributed by atoms with Gasteiger partial charge >= 0.3 is 0 Å². The van der Waals surface area contributed by atoms with Crippen molar-refractivity contribution >= 4 is 82.6 Å². The molecule has 0 atom stereocenters. The molecule has 1 aliphatic carbocycles. The highest BCUT2D eigenvalue weighted by molar-refractivity contribution is 7.93. The average Bonchev–Trinajstić information content (AvgIpc) is 3.71. The van der Waals surface area contributed by atoms with Crippen LogP contribution in [0.25, 0.3) is 16.6 Å². The van der Waals surface area contributed by atoms with Crippen LogP contribution in [0.4, 0.5) is 28.4 Å². The van der Waals surface area contributed by atoms with Crippen LogP contribution in [0.3, 0.4) is 0 Å². The molecule has 1 amide bonds. The van der Waals surface area contributed by atoms with Gasteiger partial charge in [-0.3, -0.25) is 19.8 Å². The number of nitro benzene ring substituents is 1. The number of benzene rings is 3. The van der Waals surface area contributed by atoms with Crippen molar-refractivity contribution in [2.75, 3.05) is 79.4 Å². The van der Waals surface area contributed by atoms with E-state index < -0.39 is 47.2 Å². The molecule has 3 N–H and O–H groups in total. The Morgan fingerprint density at radius 2 is 1.75 bits per heavy atom. The number of nitrogens with one attached hydrogen (secondary N) is 3. The number of hydrogen-bond donors (Lipinski definition) is 3. The number of nitro groups is 1. The molecule has 0 radical (unpaired) electrons. The number of H-pyrrole nitrogens is 1. The highest BCUT2D eigenvalue weighted by Gasteiger charge is 2.37. The van der Waals surface area contributed by atoms with Gasteiger partial charge in [0.25, 0.3) is 21.6 Å². The maximum atomic E-state index is 14.4. The van der Waals surface area contributed by atoms with E-state index in [1.54, 1.807) is 30.5 Å². The van der Waals surface area contributed by atoms with Gasteiger partial charge in [-0.2, -0.15) is 4.98 Å². The quantitative estimate of drug-likeness (QED) is 0.0809. The third kappa shape index (κ3) is 10.1. The lowest BCUT2D eigenvalue weighted by molar-refractivity contribution is -0.384. The second kappa shape index (κ2) is 18.7. The summed E-state index contributed by atoms with van der Waals surface area (Å²) in [5.74, 6) is -1.38. The molecule has 2 fully saturated rings. The average molecular weight is 974 g/mol. The summed E-state index contributed by atoms with van der Waals surface area (Å²) in [4.78, 5) is 37.5. The first-order valence-electron chi connectivity index (χ1n) is 22.4. The lowest BCUT2D eigenvalue weighted by Gasteiger charge is -2.39. The topological polar surface area (TPSA) is 209 Å². The Hall–Kier alpha value is -5.73. The van der Waals surface area contributed by atoms with Crippen LogP contribution >= 0.6 is 11.6 Å². The van der Waals surface area contributed by atoms with Crippen molar-refractivity contribution in [3.63, 3.8) is 0 Å². The van der Waals surface area contributed by atoms with Gasteiger partial charge in [0.15, 0.2) is 0 Å². The third-order valence-electron chi connectivity index (χ3n) is 13.2. The first-order chi connectivity index (χ1) is 32.0. The summed E-state index contributed by atoms with van der Waals surface area (Å²) in [7, 11) is -9.02.